The fourth-order valence-corrected chi connectivity index (χ4v) is 4.81. The molecule has 0 bridgehead atoms. The summed E-state index contributed by atoms with van der Waals surface area (Å²) in [5.41, 5.74) is 1.86. The number of carbonyl (C=O) groups is 1. The molecular formula is C23H33Cl2N3O2S. The molecule has 0 saturated heterocycles. The number of unbranched alkanes of at least 4 members (excludes halogenated alkanes) is 1. The predicted octanol–water partition coefficient (Wildman–Crippen LogP) is 6.25. The standard InChI is InChI=1S/C23H33Cl2N3O2S/c1-15(2)12-20-21(16-9-10-18(24)19(25)13-16)27-23(31-20)26-14-17(22(29)30-5)8-6-7-11-28(3)4/h9-10,13,15,17H,6-8,11-12,14H2,1-5H3,(H,26,27). The zero-order valence-electron chi connectivity index (χ0n) is 19.0. The first-order valence-electron chi connectivity index (χ1n) is 10.6. The molecule has 5 nitrogen and oxygen atoms in total. The van der Waals surface area contributed by atoms with Gasteiger partial charge < -0.3 is 15.0 Å². The van der Waals surface area contributed by atoms with Crippen molar-refractivity contribution < 1.29 is 9.53 Å². The van der Waals surface area contributed by atoms with Gasteiger partial charge in [-0.1, -0.05) is 49.5 Å². The Balaban J connectivity index is 2.14. The van der Waals surface area contributed by atoms with Crippen LogP contribution in [0.5, 0.6) is 0 Å². The molecule has 0 radical (unpaired) electrons. The molecule has 2 rings (SSSR count). The molecule has 0 aliphatic rings. The number of anilines is 1. The normalized spacial score (nSPS) is 12.4. The lowest BCUT2D eigenvalue weighted by molar-refractivity contribution is -0.145. The predicted molar refractivity (Wildman–Crippen MR) is 133 cm³/mol. The van der Waals surface area contributed by atoms with Gasteiger partial charge in [0.1, 0.15) is 0 Å². The van der Waals surface area contributed by atoms with Crippen LogP contribution in [0.1, 0.15) is 38.0 Å². The van der Waals surface area contributed by atoms with E-state index in [0.29, 0.717) is 22.5 Å². The Morgan fingerprint density at radius 1 is 1.23 bits per heavy atom. The van der Waals surface area contributed by atoms with Crippen LogP contribution in [0.15, 0.2) is 18.2 Å². The lowest BCUT2D eigenvalue weighted by Gasteiger charge is -2.16. The molecule has 1 unspecified atom stereocenters. The largest absolute Gasteiger partial charge is 0.469 e. The molecule has 0 aliphatic carbocycles. The van der Waals surface area contributed by atoms with Gasteiger partial charge >= 0.3 is 5.97 Å². The lowest BCUT2D eigenvalue weighted by Crippen LogP contribution is -2.25. The van der Waals surface area contributed by atoms with Gasteiger partial charge in [0, 0.05) is 17.0 Å². The van der Waals surface area contributed by atoms with Gasteiger partial charge in [-0.05, 0) is 58.0 Å². The summed E-state index contributed by atoms with van der Waals surface area (Å²) in [4.78, 5) is 20.4. The number of nitrogens with one attached hydrogen (secondary N) is 1. The Morgan fingerprint density at radius 3 is 2.58 bits per heavy atom. The second-order valence-electron chi connectivity index (χ2n) is 8.42. The lowest BCUT2D eigenvalue weighted by atomic mass is 10.0. The van der Waals surface area contributed by atoms with Crippen molar-refractivity contribution in [3.05, 3.63) is 33.1 Å². The van der Waals surface area contributed by atoms with E-state index in [1.807, 2.05) is 12.1 Å². The van der Waals surface area contributed by atoms with E-state index in [4.69, 9.17) is 32.9 Å². The summed E-state index contributed by atoms with van der Waals surface area (Å²) in [6, 6.07) is 5.60. The molecule has 0 saturated carbocycles. The summed E-state index contributed by atoms with van der Waals surface area (Å²) >= 11 is 14.0. The number of aromatic nitrogens is 1. The van der Waals surface area contributed by atoms with Crippen molar-refractivity contribution in [3.63, 3.8) is 0 Å². The highest BCUT2D eigenvalue weighted by molar-refractivity contribution is 7.16. The summed E-state index contributed by atoms with van der Waals surface area (Å²) in [5, 5.41) is 5.22. The first kappa shape index (κ1) is 25.9. The number of halogens is 2. The van der Waals surface area contributed by atoms with E-state index < -0.39 is 0 Å². The van der Waals surface area contributed by atoms with Gasteiger partial charge in [0.25, 0.3) is 0 Å². The average Bonchev–Trinajstić information content (AvgIpc) is 3.10. The maximum absolute atomic E-state index is 12.3. The van der Waals surface area contributed by atoms with Crippen LogP contribution in [0.3, 0.4) is 0 Å². The Kier molecular flexibility index (Phi) is 10.6. The summed E-state index contributed by atoms with van der Waals surface area (Å²) in [6.45, 7) is 5.89. The monoisotopic (exact) mass is 485 g/mol. The number of rotatable bonds is 12. The molecule has 8 heteroatoms. The van der Waals surface area contributed by atoms with E-state index in [1.54, 1.807) is 17.4 Å². The SMILES string of the molecule is COC(=O)C(CCCCN(C)C)CNc1nc(-c2ccc(Cl)c(Cl)c2)c(CC(C)C)s1. The van der Waals surface area contributed by atoms with E-state index in [0.717, 1.165) is 48.6 Å². The average molecular weight is 487 g/mol. The maximum Gasteiger partial charge on any atom is 0.310 e. The Bertz CT molecular complexity index is 855. The van der Waals surface area contributed by atoms with Gasteiger partial charge in [0.05, 0.1) is 28.8 Å². The molecule has 1 atom stereocenters. The van der Waals surface area contributed by atoms with Crippen LogP contribution in [-0.4, -0.2) is 50.1 Å². The molecule has 31 heavy (non-hydrogen) atoms. The van der Waals surface area contributed by atoms with Gasteiger partial charge in [0.15, 0.2) is 5.13 Å². The number of ether oxygens (including phenoxy) is 1. The summed E-state index contributed by atoms with van der Waals surface area (Å²) in [7, 11) is 5.56. The van der Waals surface area contributed by atoms with Crippen molar-refractivity contribution in [2.75, 3.05) is 39.6 Å². The number of nitrogens with zero attached hydrogens (tertiary/aromatic N) is 2. The van der Waals surface area contributed by atoms with E-state index in [2.05, 4.69) is 38.2 Å². The van der Waals surface area contributed by atoms with Crippen LogP contribution in [0, 0.1) is 11.8 Å². The molecule has 0 amide bonds. The van der Waals surface area contributed by atoms with Crippen LogP contribution >= 0.6 is 34.5 Å². The van der Waals surface area contributed by atoms with Crippen LogP contribution in [-0.2, 0) is 16.0 Å². The second kappa shape index (κ2) is 12.6. The van der Waals surface area contributed by atoms with E-state index in [-0.39, 0.29) is 11.9 Å². The van der Waals surface area contributed by atoms with Gasteiger partial charge in [-0.2, -0.15) is 0 Å². The van der Waals surface area contributed by atoms with Gasteiger partial charge in [-0.3, -0.25) is 4.79 Å². The zero-order chi connectivity index (χ0) is 23.0. The van der Waals surface area contributed by atoms with Crippen molar-refractivity contribution in [3.8, 4) is 11.3 Å². The van der Waals surface area contributed by atoms with Crippen LogP contribution in [0.4, 0.5) is 5.13 Å². The fraction of sp³-hybridized carbons (Fsp3) is 0.565. The number of esters is 1. The topological polar surface area (TPSA) is 54.5 Å². The minimum atomic E-state index is -0.196. The highest BCUT2D eigenvalue weighted by Gasteiger charge is 2.21. The minimum absolute atomic E-state index is 0.180. The van der Waals surface area contributed by atoms with Crippen molar-refractivity contribution in [1.82, 2.24) is 9.88 Å². The second-order valence-corrected chi connectivity index (χ2v) is 10.3. The van der Waals surface area contributed by atoms with Gasteiger partial charge in [-0.15, -0.1) is 11.3 Å². The van der Waals surface area contributed by atoms with Crippen molar-refractivity contribution in [2.45, 2.75) is 39.5 Å². The first-order valence-corrected chi connectivity index (χ1v) is 12.2. The number of thiazole rings is 1. The quantitative estimate of drug-likeness (QED) is 0.284. The number of hydrogen-bond donors (Lipinski definition) is 1. The molecule has 172 valence electrons. The van der Waals surface area contributed by atoms with Crippen LogP contribution < -0.4 is 5.32 Å². The van der Waals surface area contributed by atoms with Crippen molar-refractivity contribution in [1.29, 1.82) is 0 Å². The third-order valence-corrected chi connectivity index (χ3v) is 6.70. The van der Waals surface area contributed by atoms with E-state index in [1.165, 1.54) is 12.0 Å². The molecular weight excluding hydrogens is 453 g/mol. The molecule has 2 aromatic rings. The molecule has 0 fully saturated rings. The fourth-order valence-electron chi connectivity index (χ4n) is 3.30. The smallest absolute Gasteiger partial charge is 0.310 e. The van der Waals surface area contributed by atoms with Crippen molar-refractivity contribution >= 4 is 45.6 Å². The van der Waals surface area contributed by atoms with Crippen LogP contribution in [0.2, 0.25) is 10.0 Å². The first-order chi connectivity index (χ1) is 14.7. The highest BCUT2D eigenvalue weighted by Crippen LogP contribution is 2.35. The number of benzene rings is 1. The zero-order valence-corrected chi connectivity index (χ0v) is 21.3. The van der Waals surface area contributed by atoms with E-state index >= 15 is 0 Å². The summed E-state index contributed by atoms with van der Waals surface area (Å²) in [6.07, 6.45) is 3.74. The number of methoxy groups -OCH3 is 1. The van der Waals surface area contributed by atoms with Crippen molar-refractivity contribution in [2.24, 2.45) is 11.8 Å². The third-order valence-electron chi connectivity index (χ3n) is 4.93. The molecule has 1 aromatic heterocycles. The molecule has 0 spiro atoms. The van der Waals surface area contributed by atoms with Gasteiger partial charge in [-0.25, -0.2) is 4.98 Å². The highest BCUT2D eigenvalue weighted by atomic mass is 35.5. The maximum atomic E-state index is 12.3. The summed E-state index contributed by atoms with van der Waals surface area (Å²) < 4.78 is 5.02. The minimum Gasteiger partial charge on any atom is -0.469 e. The Labute approximate surface area is 200 Å². The molecule has 1 heterocycles. The molecule has 1 N–H and O–H groups in total. The Morgan fingerprint density at radius 2 is 1.97 bits per heavy atom. The molecule has 0 aliphatic heterocycles. The van der Waals surface area contributed by atoms with Crippen LogP contribution in [0.25, 0.3) is 11.3 Å². The summed E-state index contributed by atoms with van der Waals surface area (Å²) in [5.74, 6) is 0.119. The molecule has 1 aromatic carbocycles. The number of carbonyl (C=O) groups excluding carboxylic acids is 1. The van der Waals surface area contributed by atoms with E-state index in [9.17, 15) is 4.79 Å². The number of hydrogen-bond acceptors (Lipinski definition) is 6. The Hall–Kier alpha value is -1.34. The van der Waals surface area contributed by atoms with Gasteiger partial charge in [0.2, 0.25) is 0 Å². The third kappa shape index (κ3) is 8.26.